The SMILES string of the molecule is Cc1c(C)c2c(c(C)c1OC(C)C)CC[C@@](C)(CCC[C@@H](C)CCC[C@@H](C)CCCC(C)C)O2. The van der Waals surface area contributed by atoms with Crippen LogP contribution in [0.1, 0.15) is 135 Å². The number of hydrogen-bond acceptors (Lipinski definition) is 2. The molecular formula is C32H56O2. The molecule has 196 valence electrons. The summed E-state index contributed by atoms with van der Waals surface area (Å²) in [6, 6.07) is 0. The van der Waals surface area contributed by atoms with Crippen molar-refractivity contribution in [3.05, 3.63) is 22.3 Å². The lowest BCUT2D eigenvalue weighted by Gasteiger charge is -2.38. The van der Waals surface area contributed by atoms with Crippen LogP contribution in [0, 0.1) is 38.5 Å². The third-order valence-electron chi connectivity index (χ3n) is 8.19. The molecule has 0 spiro atoms. The lowest BCUT2D eigenvalue weighted by molar-refractivity contribution is 0.0510. The van der Waals surface area contributed by atoms with Gasteiger partial charge in [0, 0.05) is 5.56 Å². The van der Waals surface area contributed by atoms with Gasteiger partial charge in [-0.25, -0.2) is 0 Å². The van der Waals surface area contributed by atoms with Crippen LogP contribution in [0.5, 0.6) is 11.5 Å². The van der Waals surface area contributed by atoms with Crippen molar-refractivity contribution in [2.75, 3.05) is 0 Å². The molecule has 34 heavy (non-hydrogen) atoms. The zero-order chi connectivity index (χ0) is 25.5. The summed E-state index contributed by atoms with van der Waals surface area (Å²) >= 11 is 0. The zero-order valence-electron chi connectivity index (χ0n) is 24.4. The average Bonchev–Trinajstić information content (AvgIpc) is 2.74. The van der Waals surface area contributed by atoms with E-state index in [1.165, 1.54) is 73.6 Å². The highest BCUT2D eigenvalue weighted by atomic mass is 16.5. The summed E-state index contributed by atoms with van der Waals surface area (Å²) < 4.78 is 13.0. The minimum Gasteiger partial charge on any atom is -0.490 e. The Hall–Kier alpha value is -1.18. The quantitative estimate of drug-likeness (QED) is 0.268. The molecule has 0 amide bonds. The summed E-state index contributed by atoms with van der Waals surface area (Å²) in [5.41, 5.74) is 5.11. The Kier molecular flexibility index (Phi) is 11.3. The van der Waals surface area contributed by atoms with Gasteiger partial charge in [-0.05, 0) is 102 Å². The molecule has 1 aliphatic heterocycles. The van der Waals surface area contributed by atoms with Crippen LogP contribution in [0.2, 0.25) is 0 Å². The van der Waals surface area contributed by atoms with Gasteiger partial charge in [0.25, 0.3) is 0 Å². The van der Waals surface area contributed by atoms with E-state index in [-0.39, 0.29) is 11.7 Å². The van der Waals surface area contributed by atoms with Gasteiger partial charge in [0.1, 0.15) is 17.1 Å². The molecule has 0 unspecified atom stereocenters. The van der Waals surface area contributed by atoms with E-state index in [9.17, 15) is 0 Å². The van der Waals surface area contributed by atoms with Crippen LogP contribution < -0.4 is 9.47 Å². The van der Waals surface area contributed by atoms with Crippen molar-refractivity contribution < 1.29 is 9.47 Å². The maximum Gasteiger partial charge on any atom is 0.127 e. The summed E-state index contributed by atoms with van der Waals surface area (Å²) in [5.74, 6) is 4.77. The number of benzene rings is 1. The van der Waals surface area contributed by atoms with E-state index in [0.29, 0.717) is 0 Å². The van der Waals surface area contributed by atoms with E-state index in [2.05, 4.69) is 69.2 Å². The first kappa shape index (κ1) is 29.1. The standard InChI is InChI=1S/C32H56O2/c1-22(2)14-11-15-24(5)16-12-17-25(6)18-13-20-32(10)21-19-29-28(9)30(33-23(3)4)26(7)27(8)31(29)34-32/h22-25H,11-21H2,1-10H3/t24-,25-,32+/m0/s1. The molecule has 2 rings (SSSR count). The van der Waals surface area contributed by atoms with Gasteiger partial charge in [-0.2, -0.15) is 0 Å². The van der Waals surface area contributed by atoms with Crippen molar-refractivity contribution in [3.63, 3.8) is 0 Å². The van der Waals surface area contributed by atoms with Gasteiger partial charge >= 0.3 is 0 Å². The van der Waals surface area contributed by atoms with E-state index >= 15 is 0 Å². The first-order chi connectivity index (χ1) is 15.9. The summed E-state index contributed by atoms with van der Waals surface area (Å²) in [4.78, 5) is 0. The maximum atomic E-state index is 6.76. The van der Waals surface area contributed by atoms with Crippen LogP contribution in [-0.4, -0.2) is 11.7 Å². The van der Waals surface area contributed by atoms with Crippen LogP contribution >= 0.6 is 0 Å². The summed E-state index contributed by atoms with van der Waals surface area (Å²) in [6.45, 7) is 22.7. The fourth-order valence-electron chi connectivity index (χ4n) is 5.67. The Bertz CT molecular complexity index is 763. The molecule has 1 aliphatic rings. The highest BCUT2D eigenvalue weighted by Gasteiger charge is 2.34. The summed E-state index contributed by atoms with van der Waals surface area (Å²) in [6.07, 6.45) is 14.5. The van der Waals surface area contributed by atoms with Gasteiger partial charge in [-0.1, -0.05) is 72.6 Å². The lowest BCUT2D eigenvalue weighted by atomic mass is 9.83. The van der Waals surface area contributed by atoms with E-state index in [1.807, 2.05) is 0 Å². The molecule has 1 aromatic rings. The first-order valence-electron chi connectivity index (χ1n) is 14.4. The van der Waals surface area contributed by atoms with Gasteiger partial charge in [0.2, 0.25) is 0 Å². The Morgan fingerprint density at radius 2 is 1.32 bits per heavy atom. The highest BCUT2D eigenvalue weighted by molar-refractivity contribution is 5.59. The molecule has 0 N–H and O–H groups in total. The Morgan fingerprint density at radius 1 is 0.765 bits per heavy atom. The highest BCUT2D eigenvalue weighted by Crippen LogP contribution is 2.45. The summed E-state index contributed by atoms with van der Waals surface area (Å²) in [7, 11) is 0. The Morgan fingerprint density at radius 3 is 1.88 bits per heavy atom. The molecule has 3 atom stereocenters. The molecule has 1 heterocycles. The number of ether oxygens (including phenoxy) is 2. The minimum atomic E-state index is -0.0400. The molecule has 0 saturated heterocycles. The van der Waals surface area contributed by atoms with Crippen molar-refractivity contribution in [3.8, 4) is 11.5 Å². The van der Waals surface area contributed by atoms with Crippen LogP contribution in [0.3, 0.4) is 0 Å². The fraction of sp³-hybridized carbons (Fsp3) is 0.812. The Balaban J connectivity index is 1.82. The van der Waals surface area contributed by atoms with Gasteiger partial charge in [-0.3, -0.25) is 0 Å². The van der Waals surface area contributed by atoms with Crippen LogP contribution in [0.15, 0.2) is 0 Å². The molecule has 0 aliphatic carbocycles. The number of hydrogen-bond donors (Lipinski definition) is 0. The van der Waals surface area contributed by atoms with Crippen LogP contribution in [0.25, 0.3) is 0 Å². The largest absolute Gasteiger partial charge is 0.490 e. The van der Waals surface area contributed by atoms with E-state index in [0.717, 1.165) is 48.5 Å². The first-order valence-corrected chi connectivity index (χ1v) is 14.4. The molecule has 0 saturated carbocycles. The maximum absolute atomic E-state index is 6.76. The lowest BCUT2D eigenvalue weighted by Crippen LogP contribution is -2.37. The molecular weight excluding hydrogens is 416 g/mol. The molecule has 1 aromatic carbocycles. The second kappa shape index (κ2) is 13.2. The fourth-order valence-corrected chi connectivity index (χ4v) is 5.67. The van der Waals surface area contributed by atoms with Crippen LogP contribution in [0.4, 0.5) is 0 Å². The molecule has 0 aromatic heterocycles. The van der Waals surface area contributed by atoms with Gasteiger partial charge in [-0.15, -0.1) is 0 Å². The smallest absolute Gasteiger partial charge is 0.127 e. The van der Waals surface area contributed by atoms with Crippen molar-refractivity contribution in [1.29, 1.82) is 0 Å². The van der Waals surface area contributed by atoms with Crippen molar-refractivity contribution in [1.82, 2.24) is 0 Å². The predicted molar refractivity (Wildman–Crippen MR) is 148 cm³/mol. The molecule has 0 fully saturated rings. The molecule has 2 heteroatoms. The van der Waals surface area contributed by atoms with Crippen molar-refractivity contribution in [2.24, 2.45) is 17.8 Å². The van der Waals surface area contributed by atoms with Crippen molar-refractivity contribution >= 4 is 0 Å². The average molecular weight is 473 g/mol. The van der Waals surface area contributed by atoms with E-state index in [1.54, 1.807) is 0 Å². The summed E-state index contributed by atoms with van der Waals surface area (Å²) in [5, 5.41) is 0. The van der Waals surface area contributed by atoms with E-state index < -0.39 is 0 Å². The van der Waals surface area contributed by atoms with Gasteiger partial charge < -0.3 is 9.47 Å². The topological polar surface area (TPSA) is 18.5 Å². The number of fused-ring (bicyclic) bond motifs is 1. The third-order valence-corrected chi connectivity index (χ3v) is 8.19. The minimum absolute atomic E-state index is 0.0400. The second-order valence-corrected chi connectivity index (χ2v) is 12.6. The van der Waals surface area contributed by atoms with Crippen molar-refractivity contribution in [2.45, 2.75) is 152 Å². The zero-order valence-corrected chi connectivity index (χ0v) is 24.4. The third kappa shape index (κ3) is 8.49. The number of rotatable bonds is 14. The monoisotopic (exact) mass is 472 g/mol. The van der Waals surface area contributed by atoms with Gasteiger partial charge in [0.05, 0.1) is 6.10 Å². The van der Waals surface area contributed by atoms with Gasteiger partial charge in [0.15, 0.2) is 0 Å². The normalized spacial score (nSPS) is 19.8. The van der Waals surface area contributed by atoms with Crippen LogP contribution in [-0.2, 0) is 6.42 Å². The Labute approximate surface area is 212 Å². The predicted octanol–water partition coefficient (Wildman–Crippen LogP) is 9.92. The van der Waals surface area contributed by atoms with E-state index in [4.69, 9.17) is 9.47 Å². The second-order valence-electron chi connectivity index (χ2n) is 12.6. The molecule has 2 nitrogen and oxygen atoms in total. The molecule has 0 bridgehead atoms. The molecule has 0 radical (unpaired) electrons.